The molecule has 0 spiro atoms. The lowest BCUT2D eigenvalue weighted by atomic mass is 10.1. The standard InChI is InChI=1S/C20H21N3O2/c1-24-18-9-8-15(14-19(18)25-2)10-12-21-20-22-13-11-17(23-20)16-6-4-3-5-7-16/h3-9,11,13-14H,10,12H2,1-2H3,(H,21,22,23). The number of aromatic nitrogens is 2. The van der Waals surface area contributed by atoms with Crippen molar-refractivity contribution in [2.24, 2.45) is 0 Å². The Morgan fingerprint density at radius 3 is 2.48 bits per heavy atom. The first kappa shape index (κ1) is 16.8. The molecule has 0 aliphatic heterocycles. The number of nitrogens with one attached hydrogen (secondary N) is 1. The van der Waals surface area contributed by atoms with Crippen molar-refractivity contribution >= 4 is 5.95 Å². The molecular formula is C20H21N3O2. The lowest BCUT2D eigenvalue weighted by Crippen LogP contribution is -2.08. The van der Waals surface area contributed by atoms with Gasteiger partial charge in [0.2, 0.25) is 5.95 Å². The third-order valence-corrected chi connectivity index (χ3v) is 3.87. The zero-order valence-electron chi connectivity index (χ0n) is 14.4. The highest BCUT2D eigenvalue weighted by molar-refractivity contribution is 5.59. The van der Waals surface area contributed by atoms with Crippen LogP contribution < -0.4 is 14.8 Å². The highest BCUT2D eigenvalue weighted by Crippen LogP contribution is 2.27. The van der Waals surface area contributed by atoms with Gasteiger partial charge in [-0.25, -0.2) is 9.97 Å². The minimum Gasteiger partial charge on any atom is -0.493 e. The Balaban J connectivity index is 1.63. The van der Waals surface area contributed by atoms with Crippen LogP contribution in [0.5, 0.6) is 11.5 Å². The summed E-state index contributed by atoms with van der Waals surface area (Å²) in [6, 6.07) is 17.9. The van der Waals surface area contributed by atoms with Gasteiger partial charge in [0.1, 0.15) is 0 Å². The molecule has 2 aromatic carbocycles. The zero-order valence-corrected chi connectivity index (χ0v) is 14.4. The highest BCUT2D eigenvalue weighted by Gasteiger charge is 2.05. The molecular weight excluding hydrogens is 314 g/mol. The van der Waals surface area contributed by atoms with Crippen LogP contribution in [0.15, 0.2) is 60.8 Å². The predicted octanol–water partition coefficient (Wildman–Crippen LogP) is 3.82. The highest BCUT2D eigenvalue weighted by atomic mass is 16.5. The Morgan fingerprint density at radius 1 is 0.920 bits per heavy atom. The minimum atomic E-state index is 0.627. The molecule has 0 unspecified atom stereocenters. The van der Waals surface area contributed by atoms with E-state index < -0.39 is 0 Å². The van der Waals surface area contributed by atoms with Crippen LogP contribution in [0, 0.1) is 0 Å². The molecule has 0 aliphatic carbocycles. The number of hydrogen-bond acceptors (Lipinski definition) is 5. The Labute approximate surface area is 147 Å². The van der Waals surface area contributed by atoms with Crippen LogP contribution >= 0.6 is 0 Å². The molecule has 0 saturated heterocycles. The molecule has 0 radical (unpaired) electrons. The summed E-state index contributed by atoms with van der Waals surface area (Å²) >= 11 is 0. The molecule has 1 N–H and O–H groups in total. The van der Waals surface area contributed by atoms with Crippen LogP contribution in [-0.4, -0.2) is 30.7 Å². The zero-order chi connectivity index (χ0) is 17.5. The topological polar surface area (TPSA) is 56.3 Å². The third-order valence-electron chi connectivity index (χ3n) is 3.87. The van der Waals surface area contributed by atoms with E-state index in [4.69, 9.17) is 9.47 Å². The molecule has 25 heavy (non-hydrogen) atoms. The molecule has 0 saturated carbocycles. The van der Waals surface area contributed by atoms with Crippen molar-refractivity contribution in [1.29, 1.82) is 0 Å². The second-order valence-electron chi connectivity index (χ2n) is 5.50. The van der Waals surface area contributed by atoms with Gasteiger partial charge in [-0.3, -0.25) is 0 Å². The van der Waals surface area contributed by atoms with E-state index in [-0.39, 0.29) is 0 Å². The van der Waals surface area contributed by atoms with Crippen molar-refractivity contribution in [2.45, 2.75) is 6.42 Å². The van der Waals surface area contributed by atoms with E-state index in [0.29, 0.717) is 5.95 Å². The molecule has 3 rings (SSSR count). The summed E-state index contributed by atoms with van der Waals surface area (Å²) in [6.45, 7) is 0.730. The minimum absolute atomic E-state index is 0.627. The van der Waals surface area contributed by atoms with E-state index in [1.165, 1.54) is 0 Å². The Morgan fingerprint density at radius 2 is 1.72 bits per heavy atom. The molecule has 0 fully saturated rings. The van der Waals surface area contributed by atoms with Crippen molar-refractivity contribution in [3.05, 3.63) is 66.4 Å². The first-order chi connectivity index (χ1) is 12.3. The predicted molar refractivity (Wildman–Crippen MR) is 99.2 cm³/mol. The van der Waals surface area contributed by atoms with Crippen LogP contribution in [0.1, 0.15) is 5.56 Å². The maximum absolute atomic E-state index is 5.34. The quantitative estimate of drug-likeness (QED) is 0.711. The molecule has 0 bridgehead atoms. The second kappa shape index (κ2) is 8.15. The summed E-state index contributed by atoms with van der Waals surface area (Å²) in [5.41, 5.74) is 3.14. The van der Waals surface area contributed by atoms with Gasteiger partial charge in [-0.05, 0) is 30.2 Å². The first-order valence-corrected chi connectivity index (χ1v) is 8.13. The fourth-order valence-electron chi connectivity index (χ4n) is 2.57. The van der Waals surface area contributed by atoms with Crippen molar-refractivity contribution in [1.82, 2.24) is 9.97 Å². The SMILES string of the molecule is COc1ccc(CCNc2nccc(-c3ccccc3)n2)cc1OC. The van der Waals surface area contributed by atoms with Crippen molar-refractivity contribution in [3.63, 3.8) is 0 Å². The van der Waals surface area contributed by atoms with Gasteiger partial charge in [-0.2, -0.15) is 0 Å². The van der Waals surface area contributed by atoms with Crippen LogP contribution in [0.4, 0.5) is 5.95 Å². The van der Waals surface area contributed by atoms with Gasteiger partial charge < -0.3 is 14.8 Å². The summed E-state index contributed by atoms with van der Waals surface area (Å²) in [4.78, 5) is 8.86. The molecule has 5 nitrogen and oxygen atoms in total. The number of anilines is 1. The van der Waals surface area contributed by atoms with Crippen LogP contribution in [0.25, 0.3) is 11.3 Å². The van der Waals surface area contributed by atoms with Gasteiger partial charge in [-0.1, -0.05) is 36.4 Å². The summed E-state index contributed by atoms with van der Waals surface area (Å²) in [5.74, 6) is 2.10. The number of hydrogen-bond donors (Lipinski definition) is 1. The monoisotopic (exact) mass is 335 g/mol. The van der Waals surface area contributed by atoms with E-state index in [1.807, 2.05) is 54.6 Å². The fourth-order valence-corrected chi connectivity index (χ4v) is 2.57. The normalized spacial score (nSPS) is 10.3. The number of rotatable bonds is 7. The van der Waals surface area contributed by atoms with Gasteiger partial charge in [0, 0.05) is 18.3 Å². The molecule has 1 aromatic heterocycles. The average Bonchev–Trinajstić information content (AvgIpc) is 2.69. The third kappa shape index (κ3) is 4.26. The van der Waals surface area contributed by atoms with Gasteiger partial charge in [0.15, 0.2) is 11.5 Å². The lowest BCUT2D eigenvalue weighted by Gasteiger charge is -2.10. The number of nitrogens with zero attached hydrogens (tertiary/aromatic N) is 2. The van der Waals surface area contributed by atoms with E-state index in [1.54, 1.807) is 20.4 Å². The van der Waals surface area contributed by atoms with E-state index in [0.717, 1.165) is 41.3 Å². The van der Waals surface area contributed by atoms with Crippen LogP contribution in [0.2, 0.25) is 0 Å². The van der Waals surface area contributed by atoms with Crippen molar-refractivity contribution in [3.8, 4) is 22.8 Å². The lowest BCUT2D eigenvalue weighted by molar-refractivity contribution is 0.354. The summed E-state index contributed by atoms with van der Waals surface area (Å²) < 4.78 is 10.6. The molecule has 3 aromatic rings. The molecule has 0 atom stereocenters. The van der Waals surface area contributed by atoms with Gasteiger partial charge in [-0.15, -0.1) is 0 Å². The molecule has 0 aliphatic rings. The average molecular weight is 335 g/mol. The van der Waals surface area contributed by atoms with Crippen molar-refractivity contribution < 1.29 is 9.47 Å². The van der Waals surface area contributed by atoms with Crippen LogP contribution in [-0.2, 0) is 6.42 Å². The number of methoxy groups -OCH3 is 2. The molecule has 5 heteroatoms. The number of benzene rings is 2. The summed E-state index contributed by atoms with van der Waals surface area (Å²) in [6.07, 6.45) is 2.60. The molecule has 0 amide bonds. The van der Waals surface area contributed by atoms with E-state index in [2.05, 4.69) is 15.3 Å². The molecule has 128 valence electrons. The number of ether oxygens (including phenoxy) is 2. The van der Waals surface area contributed by atoms with Gasteiger partial charge in [0.25, 0.3) is 0 Å². The Hall–Kier alpha value is -3.08. The smallest absolute Gasteiger partial charge is 0.223 e. The summed E-state index contributed by atoms with van der Waals surface area (Å²) in [7, 11) is 3.28. The fraction of sp³-hybridized carbons (Fsp3) is 0.200. The first-order valence-electron chi connectivity index (χ1n) is 8.13. The van der Waals surface area contributed by atoms with Gasteiger partial charge >= 0.3 is 0 Å². The Bertz CT molecular complexity index is 822. The van der Waals surface area contributed by atoms with E-state index >= 15 is 0 Å². The maximum atomic E-state index is 5.34. The molecule has 1 heterocycles. The maximum Gasteiger partial charge on any atom is 0.223 e. The van der Waals surface area contributed by atoms with Crippen molar-refractivity contribution in [2.75, 3.05) is 26.1 Å². The van der Waals surface area contributed by atoms with Gasteiger partial charge in [0.05, 0.1) is 19.9 Å². The Kier molecular flexibility index (Phi) is 5.46. The largest absolute Gasteiger partial charge is 0.493 e. The van der Waals surface area contributed by atoms with Crippen LogP contribution in [0.3, 0.4) is 0 Å². The van der Waals surface area contributed by atoms with E-state index in [9.17, 15) is 0 Å². The summed E-state index contributed by atoms with van der Waals surface area (Å²) in [5, 5.41) is 3.28. The second-order valence-corrected chi connectivity index (χ2v) is 5.50.